The third-order valence-electron chi connectivity index (χ3n) is 4.87. The predicted octanol–water partition coefficient (Wildman–Crippen LogP) is 3.56. The van der Waals surface area contributed by atoms with Gasteiger partial charge in [0.05, 0.1) is 0 Å². The molecule has 2 saturated carbocycles. The van der Waals surface area contributed by atoms with Crippen LogP contribution in [-0.4, -0.2) is 10.5 Å². The van der Waals surface area contributed by atoms with Gasteiger partial charge in [0, 0.05) is 10.5 Å². The maximum Gasteiger partial charge on any atom is 0.0110 e. The van der Waals surface area contributed by atoms with Crippen molar-refractivity contribution in [2.45, 2.75) is 50.5 Å². The quantitative estimate of drug-likeness (QED) is 0.571. The standard InChI is InChI=1S/C12H20S/c1-7-4-9-5-12(3)6-10(12)13-11(9)8(7)2/h7-11H,4-6H2,1-3H3. The van der Waals surface area contributed by atoms with Crippen LogP contribution < -0.4 is 0 Å². The maximum absolute atomic E-state index is 2.51. The molecule has 3 fully saturated rings. The summed E-state index contributed by atoms with van der Waals surface area (Å²) in [5.41, 5.74) is 0.773. The van der Waals surface area contributed by atoms with E-state index in [0.29, 0.717) is 0 Å². The summed E-state index contributed by atoms with van der Waals surface area (Å²) in [6.45, 7) is 7.44. The molecular weight excluding hydrogens is 176 g/mol. The summed E-state index contributed by atoms with van der Waals surface area (Å²) in [6.07, 6.45) is 4.58. The van der Waals surface area contributed by atoms with E-state index >= 15 is 0 Å². The SMILES string of the molecule is CC1CC2CC3(C)CC3SC2C1C. The minimum absolute atomic E-state index is 0.773. The second-order valence-corrected chi connectivity index (χ2v) is 7.37. The van der Waals surface area contributed by atoms with Gasteiger partial charge in [0.15, 0.2) is 0 Å². The molecule has 0 aromatic heterocycles. The summed E-state index contributed by atoms with van der Waals surface area (Å²) in [4.78, 5) is 0. The Balaban J connectivity index is 1.81. The van der Waals surface area contributed by atoms with Crippen molar-refractivity contribution in [1.82, 2.24) is 0 Å². The molecule has 0 amide bonds. The molecule has 6 atom stereocenters. The lowest BCUT2D eigenvalue weighted by Crippen LogP contribution is -2.25. The average Bonchev–Trinajstić information content (AvgIpc) is 2.65. The molecule has 6 unspecified atom stereocenters. The highest BCUT2D eigenvalue weighted by molar-refractivity contribution is 8.00. The molecule has 1 heteroatoms. The van der Waals surface area contributed by atoms with Crippen molar-refractivity contribution in [3.63, 3.8) is 0 Å². The van der Waals surface area contributed by atoms with Crippen LogP contribution in [0.5, 0.6) is 0 Å². The van der Waals surface area contributed by atoms with Gasteiger partial charge in [0.2, 0.25) is 0 Å². The van der Waals surface area contributed by atoms with Gasteiger partial charge in [-0.25, -0.2) is 0 Å². The molecular formula is C12H20S. The second kappa shape index (κ2) is 2.48. The molecule has 0 aromatic carbocycles. The largest absolute Gasteiger partial charge is 0.154 e. The van der Waals surface area contributed by atoms with Crippen LogP contribution in [-0.2, 0) is 0 Å². The van der Waals surface area contributed by atoms with Crippen molar-refractivity contribution in [1.29, 1.82) is 0 Å². The van der Waals surface area contributed by atoms with Crippen LogP contribution in [0.4, 0.5) is 0 Å². The summed E-state index contributed by atoms with van der Waals surface area (Å²) >= 11 is 2.34. The maximum atomic E-state index is 2.51. The Kier molecular flexibility index (Phi) is 1.65. The first-order valence-corrected chi connectivity index (χ1v) is 6.70. The van der Waals surface area contributed by atoms with Crippen LogP contribution in [0.15, 0.2) is 0 Å². The lowest BCUT2D eigenvalue weighted by Gasteiger charge is -2.31. The fraction of sp³-hybridized carbons (Fsp3) is 1.00. The Morgan fingerprint density at radius 1 is 1.23 bits per heavy atom. The van der Waals surface area contributed by atoms with Crippen LogP contribution in [0.3, 0.4) is 0 Å². The van der Waals surface area contributed by atoms with Gasteiger partial charge in [-0.1, -0.05) is 20.8 Å². The zero-order valence-corrected chi connectivity index (χ0v) is 9.73. The molecule has 1 saturated heterocycles. The van der Waals surface area contributed by atoms with E-state index in [1.807, 2.05) is 0 Å². The van der Waals surface area contributed by atoms with Crippen molar-refractivity contribution in [3.05, 3.63) is 0 Å². The van der Waals surface area contributed by atoms with Crippen LogP contribution in [0, 0.1) is 23.2 Å². The molecule has 74 valence electrons. The zero-order valence-electron chi connectivity index (χ0n) is 8.92. The van der Waals surface area contributed by atoms with Gasteiger partial charge in [0.1, 0.15) is 0 Å². The second-order valence-electron chi connectivity index (χ2n) is 5.98. The molecule has 0 N–H and O–H groups in total. The predicted molar refractivity (Wildman–Crippen MR) is 58.9 cm³/mol. The normalized spacial score (nSPS) is 64.4. The third kappa shape index (κ3) is 1.12. The number of fused-ring (bicyclic) bond motifs is 2. The van der Waals surface area contributed by atoms with Gasteiger partial charge in [-0.2, -0.15) is 11.8 Å². The number of thioether (sulfide) groups is 1. The Morgan fingerprint density at radius 3 is 2.77 bits per heavy atom. The van der Waals surface area contributed by atoms with Crippen LogP contribution in [0.2, 0.25) is 0 Å². The Morgan fingerprint density at radius 2 is 2.00 bits per heavy atom. The summed E-state index contributed by atoms with van der Waals surface area (Å²) in [5, 5.41) is 2.07. The first kappa shape index (κ1) is 8.64. The van der Waals surface area contributed by atoms with Gasteiger partial charge in [-0.05, 0) is 42.4 Å². The Bertz CT molecular complexity index is 237. The van der Waals surface area contributed by atoms with Crippen molar-refractivity contribution in [3.8, 4) is 0 Å². The van der Waals surface area contributed by atoms with Gasteiger partial charge >= 0.3 is 0 Å². The van der Waals surface area contributed by atoms with Gasteiger partial charge in [-0.15, -0.1) is 0 Å². The summed E-state index contributed by atoms with van der Waals surface area (Å²) in [6, 6.07) is 0. The summed E-state index contributed by atoms with van der Waals surface area (Å²) in [5.74, 6) is 3.04. The van der Waals surface area contributed by atoms with Gasteiger partial charge in [0.25, 0.3) is 0 Å². The monoisotopic (exact) mass is 196 g/mol. The molecule has 1 aliphatic heterocycles. The van der Waals surface area contributed by atoms with Crippen LogP contribution in [0.25, 0.3) is 0 Å². The van der Waals surface area contributed by atoms with Crippen molar-refractivity contribution >= 4 is 11.8 Å². The van der Waals surface area contributed by atoms with E-state index < -0.39 is 0 Å². The topological polar surface area (TPSA) is 0 Å². The smallest absolute Gasteiger partial charge is 0.0110 e. The fourth-order valence-corrected chi connectivity index (χ4v) is 5.82. The zero-order chi connectivity index (χ0) is 9.22. The minimum atomic E-state index is 0.773. The number of rotatable bonds is 0. The van der Waals surface area contributed by atoms with E-state index in [2.05, 4.69) is 32.5 Å². The summed E-state index contributed by atoms with van der Waals surface area (Å²) in [7, 11) is 0. The van der Waals surface area contributed by atoms with Gasteiger partial charge in [-0.3, -0.25) is 0 Å². The molecule has 2 aliphatic carbocycles. The molecule has 0 spiro atoms. The molecule has 0 radical (unpaired) electrons. The number of hydrogen-bond acceptors (Lipinski definition) is 1. The van der Waals surface area contributed by atoms with E-state index in [1.165, 1.54) is 12.8 Å². The third-order valence-corrected chi connectivity index (χ3v) is 7.07. The fourth-order valence-electron chi connectivity index (χ4n) is 3.59. The molecule has 1 heterocycles. The van der Waals surface area contributed by atoms with E-state index in [9.17, 15) is 0 Å². The van der Waals surface area contributed by atoms with E-state index in [4.69, 9.17) is 0 Å². The van der Waals surface area contributed by atoms with Crippen molar-refractivity contribution in [2.75, 3.05) is 0 Å². The highest BCUT2D eigenvalue weighted by Crippen LogP contribution is 2.67. The lowest BCUT2D eigenvalue weighted by molar-refractivity contribution is 0.368. The highest BCUT2D eigenvalue weighted by atomic mass is 32.2. The molecule has 3 aliphatic rings. The van der Waals surface area contributed by atoms with Gasteiger partial charge < -0.3 is 0 Å². The first-order chi connectivity index (χ1) is 6.10. The Labute approximate surface area is 85.9 Å². The van der Waals surface area contributed by atoms with E-state index in [0.717, 1.165) is 33.7 Å². The molecule has 0 nitrogen and oxygen atoms in total. The molecule has 0 bridgehead atoms. The average molecular weight is 196 g/mol. The molecule has 0 aromatic rings. The van der Waals surface area contributed by atoms with Crippen LogP contribution >= 0.6 is 11.8 Å². The van der Waals surface area contributed by atoms with E-state index in [1.54, 1.807) is 6.42 Å². The molecule has 3 rings (SSSR count). The Hall–Kier alpha value is 0.350. The molecule has 13 heavy (non-hydrogen) atoms. The van der Waals surface area contributed by atoms with Crippen molar-refractivity contribution < 1.29 is 0 Å². The van der Waals surface area contributed by atoms with E-state index in [-0.39, 0.29) is 0 Å². The van der Waals surface area contributed by atoms with Crippen molar-refractivity contribution in [2.24, 2.45) is 23.2 Å². The minimum Gasteiger partial charge on any atom is -0.154 e. The van der Waals surface area contributed by atoms with Crippen LogP contribution in [0.1, 0.15) is 40.0 Å². The highest BCUT2D eigenvalue weighted by Gasteiger charge is 2.59. The lowest BCUT2D eigenvalue weighted by atomic mass is 9.90. The number of hydrogen-bond donors (Lipinski definition) is 0. The first-order valence-electron chi connectivity index (χ1n) is 5.75. The summed E-state index contributed by atoms with van der Waals surface area (Å²) < 4.78 is 0.